The van der Waals surface area contributed by atoms with Gasteiger partial charge in [-0.15, -0.1) is 0 Å². The number of carbonyl (C=O) groups is 2. The van der Waals surface area contributed by atoms with Crippen LogP contribution in [0.3, 0.4) is 0 Å². The van der Waals surface area contributed by atoms with Gasteiger partial charge in [0.2, 0.25) is 11.8 Å². The third-order valence-electron chi connectivity index (χ3n) is 6.91. The van der Waals surface area contributed by atoms with Crippen LogP contribution in [0.1, 0.15) is 65.0 Å². The van der Waals surface area contributed by atoms with Gasteiger partial charge in [0, 0.05) is 50.1 Å². The van der Waals surface area contributed by atoms with Gasteiger partial charge in [-0.1, -0.05) is 26.8 Å². The molecule has 0 bridgehead atoms. The van der Waals surface area contributed by atoms with Gasteiger partial charge < -0.3 is 14.2 Å². The fourth-order valence-corrected chi connectivity index (χ4v) is 5.92. The molecular weight excluding hydrogens is 442 g/mol. The van der Waals surface area contributed by atoms with E-state index in [9.17, 15) is 9.59 Å². The summed E-state index contributed by atoms with van der Waals surface area (Å²) >= 11 is 0. The summed E-state index contributed by atoms with van der Waals surface area (Å²) in [6.45, 7) is 11.5. The lowest BCUT2D eigenvalue weighted by molar-refractivity contribution is -0.132. The highest BCUT2D eigenvalue weighted by atomic mass is 28.2. The van der Waals surface area contributed by atoms with E-state index >= 15 is 0 Å². The average molecular weight is 480 g/mol. The zero-order chi connectivity index (χ0) is 24.7. The van der Waals surface area contributed by atoms with Crippen molar-refractivity contribution in [3.8, 4) is 11.1 Å². The normalized spacial score (nSPS) is 19.4. The van der Waals surface area contributed by atoms with Crippen molar-refractivity contribution >= 4 is 27.3 Å². The minimum absolute atomic E-state index is 0.0651. The minimum Gasteiger partial charge on any atom is -0.416 e. The third kappa shape index (κ3) is 5.25. The topological polar surface area (TPSA) is 62.7 Å². The first-order valence-corrected chi connectivity index (χ1v) is 13.5. The lowest BCUT2D eigenvalue weighted by Crippen LogP contribution is -2.49. The van der Waals surface area contributed by atoms with Gasteiger partial charge in [-0.05, 0) is 66.6 Å². The van der Waals surface area contributed by atoms with Crippen molar-refractivity contribution in [2.75, 3.05) is 11.9 Å². The van der Waals surface area contributed by atoms with Crippen LogP contribution < -0.4 is 4.90 Å². The molecule has 1 saturated heterocycles. The van der Waals surface area contributed by atoms with Crippen molar-refractivity contribution in [3.63, 3.8) is 0 Å². The van der Waals surface area contributed by atoms with Crippen LogP contribution in [0.5, 0.6) is 0 Å². The Labute approximate surface area is 205 Å². The fraction of sp³-hybridized carbons (Fsp3) is 0.519. The largest absolute Gasteiger partial charge is 0.416 e. The summed E-state index contributed by atoms with van der Waals surface area (Å²) in [5.74, 6) is 0.344. The van der Waals surface area contributed by atoms with E-state index in [0.717, 1.165) is 35.2 Å². The van der Waals surface area contributed by atoms with Crippen LogP contribution in [0.25, 0.3) is 11.1 Å². The molecule has 1 atom stereocenters. The molecule has 1 fully saturated rings. The van der Waals surface area contributed by atoms with Gasteiger partial charge in [0.1, 0.15) is 0 Å². The SMILES string of the molecule is CN1C(=O)CCc2cc(-c3cncc(CN4C(=O)CC[C@H]4C(C)(C)O[SiH2]C(C)(C)C)c3)ccc21. The smallest absolute Gasteiger partial charge is 0.227 e. The van der Waals surface area contributed by atoms with Crippen LogP contribution in [0, 0.1) is 0 Å². The Kier molecular flexibility index (Phi) is 6.71. The number of nitrogens with zero attached hydrogens (tertiary/aromatic N) is 3. The Bertz CT molecular complexity index is 1090. The molecule has 182 valence electrons. The van der Waals surface area contributed by atoms with Crippen molar-refractivity contribution in [3.05, 3.63) is 47.8 Å². The number of hydrogen-bond acceptors (Lipinski definition) is 4. The number of amides is 2. The zero-order valence-corrected chi connectivity index (χ0v) is 22.8. The number of hydrogen-bond donors (Lipinski definition) is 0. The van der Waals surface area contributed by atoms with Gasteiger partial charge in [0.15, 0.2) is 9.76 Å². The summed E-state index contributed by atoms with van der Waals surface area (Å²) < 4.78 is 6.46. The first-order valence-electron chi connectivity index (χ1n) is 12.2. The van der Waals surface area contributed by atoms with Crippen molar-refractivity contribution in [2.45, 2.75) is 83.5 Å². The quantitative estimate of drug-likeness (QED) is 0.581. The second-order valence-corrected chi connectivity index (χ2v) is 14.1. The Hall–Kier alpha value is -2.51. The summed E-state index contributed by atoms with van der Waals surface area (Å²) in [7, 11) is 1.11. The van der Waals surface area contributed by atoms with Gasteiger partial charge in [-0.3, -0.25) is 14.6 Å². The molecule has 2 aliphatic heterocycles. The van der Waals surface area contributed by atoms with E-state index in [1.54, 1.807) is 4.90 Å². The second-order valence-electron chi connectivity index (χ2n) is 11.4. The van der Waals surface area contributed by atoms with Crippen LogP contribution in [-0.2, 0) is 27.0 Å². The molecule has 2 amide bonds. The van der Waals surface area contributed by atoms with Crippen molar-refractivity contribution in [1.82, 2.24) is 9.88 Å². The van der Waals surface area contributed by atoms with Gasteiger partial charge in [-0.2, -0.15) is 0 Å². The summed E-state index contributed by atoms with van der Waals surface area (Å²) in [4.78, 5) is 33.1. The molecule has 0 radical (unpaired) electrons. The number of fused-ring (bicyclic) bond motifs is 1. The molecule has 0 spiro atoms. The highest BCUT2D eigenvalue weighted by molar-refractivity contribution is 6.31. The van der Waals surface area contributed by atoms with Crippen molar-refractivity contribution < 1.29 is 14.0 Å². The lowest BCUT2D eigenvalue weighted by Gasteiger charge is -2.39. The van der Waals surface area contributed by atoms with Crippen molar-refractivity contribution in [1.29, 1.82) is 0 Å². The van der Waals surface area contributed by atoms with E-state index < -0.39 is 9.76 Å². The monoisotopic (exact) mass is 479 g/mol. The van der Waals surface area contributed by atoms with E-state index in [4.69, 9.17) is 4.43 Å². The highest BCUT2D eigenvalue weighted by Gasteiger charge is 2.42. The van der Waals surface area contributed by atoms with Gasteiger partial charge in [0.05, 0.1) is 11.6 Å². The number of likely N-dealkylation sites (tertiary alicyclic amines) is 1. The Morgan fingerprint density at radius 1 is 1.00 bits per heavy atom. The minimum atomic E-state index is -0.729. The first-order chi connectivity index (χ1) is 15.9. The molecule has 2 aliphatic rings. The predicted octanol–water partition coefficient (Wildman–Crippen LogP) is 4.25. The number of aromatic nitrogens is 1. The van der Waals surface area contributed by atoms with E-state index in [1.807, 2.05) is 36.5 Å². The number of rotatable bonds is 6. The molecule has 7 heteroatoms. The Balaban J connectivity index is 1.54. The van der Waals surface area contributed by atoms with Crippen LogP contribution in [0.2, 0.25) is 5.04 Å². The number of carbonyl (C=O) groups excluding carboxylic acids is 2. The predicted molar refractivity (Wildman–Crippen MR) is 138 cm³/mol. The van der Waals surface area contributed by atoms with E-state index in [0.29, 0.717) is 19.4 Å². The van der Waals surface area contributed by atoms with E-state index in [1.165, 1.54) is 5.56 Å². The van der Waals surface area contributed by atoms with Crippen LogP contribution in [-0.4, -0.2) is 50.2 Å². The molecule has 1 aromatic carbocycles. The molecule has 0 unspecified atom stereocenters. The lowest BCUT2D eigenvalue weighted by atomic mass is 9.95. The Morgan fingerprint density at radius 3 is 2.50 bits per heavy atom. The molecule has 0 saturated carbocycles. The first kappa shape index (κ1) is 24.6. The Morgan fingerprint density at radius 2 is 1.76 bits per heavy atom. The summed E-state index contributed by atoms with van der Waals surface area (Å²) in [5.41, 5.74) is 4.93. The molecule has 2 aromatic rings. The third-order valence-corrected chi connectivity index (χ3v) is 8.67. The van der Waals surface area contributed by atoms with Crippen LogP contribution >= 0.6 is 0 Å². The molecule has 0 N–H and O–H groups in total. The molecular formula is C27H37N3O3Si. The second kappa shape index (κ2) is 9.27. The molecule has 6 nitrogen and oxygen atoms in total. The standard InChI is InChI=1S/C27H37N3O3Si/c1-26(2,3)34-33-27(4,5)23-10-12-25(32)30(23)17-18-13-21(16-28-15-18)19-7-9-22-20(14-19)8-11-24(31)29(22)6/h7,9,13-16,23H,8,10-12,17,34H2,1-6H3/t23-/m0/s1. The van der Waals surface area contributed by atoms with Gasteiger partial charge in [-0.25, -0.2) is 0 Å². The molecule has 0 aliphatic carbocycles. The number of pyridine rings is 1. The molecule has 4 rings (SSSR count). The molecule has 1 aromatic heterocycles. The van der Waals surface area contributed by atoms with Crippen LogP contribution in [0.15, 0.2) is 36.7 Å². The maximum absolute atomic E-state index is 12.8. The van der Waals surface area contributed by atoms with Crippen LogP contribution in [0.4, 0.5) is 5.69 Å². The highest BCUT2D eigenvalue weighted by Crippen LogP contribution is 2.35. The number of anilines is 1. The summed E-state index contributed by atoms with van der Waals surface area (Å²) in [6, 6.07) is 8.43. The van der Waals surface area contributed by atoms with Gasteiger partial charge in [0.25, 0.3) is 0 Å². The molecule has 34 heavy (non-hydrogen) atoms. The van der Waals surface area contributed by atoms with E-state index in [2.05, 4.69) is 51.7 Å². The number of benzene rings is 1. The number of aryl methyl sites for hydroxylation is 1. The van der Waals surface area contributed by atoms with E-state index in [-0.39, 0.29) is 28.5 Å². The average Bonchev–Trinajstić information content (AvgIpc) is 3.15. The maximum atomic E-state index is 12.8. The summed E-state index contributed by atoms with van der Waals surface area (Å²) in [6.07, 6.45) is 6.42. The maximum Gasteiger partial charge on any atom is 0.227 e. The summed E-state index contributed by atoms with van der Waals surface area (Å²) in [5, 5.41) is 0.208. The van der Waals surface area contributed by atoms with Gasteiger partial charge >= 0.3 is 0 Å². The molecule has 3 heterocycles. The zero-order valence-electron chi connectivity index (χ0n) is 21.4. The van der Waals surface area contributed by atoms with Crippen molar-refractivity contribution in [2.24, 2.45) is 0 Å². The fourth-order valence-electron chi connectivity index (χ4n) is 4.92.